The Morgan fingerprint density at radius 2 is 1.70 bits per heavy atom. The Morgan fingerprint density at radius 1 is 1.00 bits per heavy atom. The molecule has 13 atom stereocenters. The van der Waals surface area contributed by atoms with Gasteiger partial charge in [-0.1, -0.05) is 20.8 Å². The minimum absolute atomic E-state index is 0.0304. The zero-order valence-electron chi connectivity index (χ0n) is 22.4. The highest BCUT2D eigenvalue weighted by Gasteiger charge is 2.65. The highest BCUT2D eigenvalue weighted by atomic mass is 32.3. The summed E-state index contributed by atoms with van der Waals surface area (Å²) in [4.78, 5) is 0. The van der Waals surface area contributed by atoms with Crippen LogP contribution in [0.2, 0.25) is 0 Å². The molecule has 4 aliphatic carbocycles. The molecule has 9 nitrogen and oxygen atoms in total. The monoisotopic (exact) mass is 548 g/mol. The third-order valence-corrected chi connectivity index (χ3v) is 12.1. The standard InChI is InChI=1S/C27H48O9S/c1-15(4-7-22(30)16(13-28)14-36-37(33,34)35)19-5-6-20-25-21(12-24(32)27(19,20)3)26(2)9-8-18(29)10-17(26)11-23(25)31/h15-25,28-32H,4-14H2,1-3H3,(H,33,34,35)/t15-,16?,17+,18-,19-,20+,21+,22+,23-,24+,25+,26+,27-/m1/s1. The van der Waals surface area contributed by atoms with Crippen LogP contribution in [0.1, 0.15) is 78.6 Å². The Morgan fingerprint density at radius 3 is 2.35 bits per heavy atom. The lowest BCUT2D eigenvalue weighted by atomic mass is 9.43. The van der Waals surface area contributed by atoms with E-state index in [-0.39, 0.29) is 52.4 Å². The number of hydrogen-bond donors (Lipinski definition) is 6. The van der Waals surface area contributed by atoms with Crippen LogP contribution in [-0.2, 0) is 14.6 Å². The van der Waals surface area contributed by atoms with Gasteiger partial charge in [-0.2, -0.15) is 8.42 Å². The second kappa shape index (κ2) is 10.9. The van der Waals surface area contributed by atoms with Gasteiger partial charge in [0.25, 0.3) is 0 Å². The van der Waals surface area contributed by atoms with Gasteiger partial charge in [0, 0.05) is 5.92 Å². The molecular formula is C27H48O9S. The normalized spacial score (nSPS) is 46.4. The summed E-state index contributed by atoms with van der Waals surface area (Å²) < 4.78 is 34.9. The van der Waals surface area contributed by atoms with Gasteiger partial charge in [-0.05, 0) is 104 Å². The van der Waals surface area contributed by atoms with Gasteiger partial charge >= 0.3 is 10.4 Å². The maximum atomic E-state index is 11.7. The lowest BCUT2D eigenvalue weighted by Gasteiger charge is -2.63. The van der Waals surface area contributed by atoms with Crippen LogP contribution in [0.15, 0.2) is 0 Å². The number of fused-ring (bicyclic) bond motifs is 5. The fourth-order valence-electron chi connectivity index (χ4n) is 9.46. The van der Waals surface area contributed by atoms with E-state index in [0.717, 1.165) is 38.5 Å². The Bertz CT molecular complexity index is 898. The molecule has 10 heteroatoms. The maximum absolute atomic E-state index is 11.7. The molecule has 0 aromatic rings. The second-order valence-electron chi connectivity index (χ2n) is 13.3. The minimum atomic E-state index is -4.65. The molecule has 0 spiro atoms. The van der Waals surface area contributed by atoms with E-state index in [4.69, 9.17) is 4.55 Å². The van der Waals surface area contributed by atoms with Crippen LogP contribution in [-0.4, -0.2) is 76.1 Å². The molecule has 0 radical (unpaired) electrons. The third-order valence-electron chi connectivity index (χ3n) is 11.6. The average Bonchev–Trinajstić information content (AvgIpc) is 3.17. The van der Waals surface area contributed by atoms with E-state index in [1.165, 1.54) is 0 Å². The van der Waals surface area contributed by atoms with Gasteiger partial charge in [0.05, 0.1) is 37.6 Å². The molecule has 0 aliphatic heterocycles. The van der Waals surface area contributed by atoms with Gasteiger partial charge in [0.15, 0.2) is 0 Å². The van der Waals surface area contributed by atoms with Crippen LogP contribution in [0.25, 0.3) is 0 Å². The van der Waals surface area contributed by atoms with Gasteiger partial charge in [-0.3, -0.25) is 4.55 Å². The van der Waals surface area contributed by atoms with Gasteiger partial charge in [-0.15, -0.1) is 0 Å². The molecular weight excluding hydrogens is 500 g/mol. The van der Waals surface area contributed by atoms with Crippen LogP contribution in [0.3, 0.4) is 0 Å². The number of aliphatic hydroxyl groups is 5. The Labute approximate surface area is 221 Å². The largest absolute Gasteiger partial charge is 0.397 e. The van der Waals surface area contributed by atoms with Crippen molar-refractivity contribution in [2.45, 2.75) is 103 Å². The van der Waals surface area contributed by atoms with Crippen molar-refractivity contribution in [3.63, 3.8) is 0 Å². The molecule has 0 aromatic carbocycles. The molecule has 0 bridgehead atoms. The van der Waals surface area contributed by atoms with Crippen LogP contribution < -0.4 is 0 Å². The lowest BCUT2D eigenvalue weighted by molar-refractivity contribution is -0.207. The first-order valence-corrected chi connectivity index (χ1v) is 15.5. The SMILES string of the molecule is C[C@H](CC[C@H](O)C(CO)COS(=O)(=O)O)[C@H]1CC[C@H]2[C@@H]3[C@H](O)C[C@@H]4C[C@H](O)CC[C@]4(C)[C@H]3C[C@H](O)[C@]12C. The average molecular weight is 549 g/mol. The van der Waals surface area contributed by atoms with Gasteiger partial charge < -0.3 is 25.5 Å². The Balaban J connectivity index is 1.45. The molecule has 0 amide bonds. The molecule has 4 saturated carbocycles. The van der Waals surface area contributed by atoms with Crippen molar-refractivity contribution in [3.05, 3.63) is 0 Å². The lowest BCUT2D eigenvalue weighted by Crippen LogP contribution is -2.62. The molecule has 37 heavy (non-hydrogen) atoms. The molecule has 4 fully saturated rings. The first kappa shape index (κ1) is 29.6. The van der Waals surface area contributed by atoms with Gasteiger partial charge in [0.2, 0.25) is 0 Å². The van der Waals surface area contributed by atoms with Crippen molar-refractivity contribution in [3.8, 4) is 0 Å². The van der Waals surface area contributed by atoms with E-state index in [9.17, 15) is 34.0 Å². The Hall–Kier alpha value is -0.330. The van der Waals surface area contributed by atoms with E-state index in [0.29, 0.717) is 19.3 Å². The van der Waals surface area contributed by atoms with Gasteiger partial charge in [-0.25, -0.2) is 4.18 Å². The topological polar surface area (TPSA) is 165 Å². The minimum Gasteiger partial charge on any atom is -0.396 e. The van der Waals surface area contributed by atoms with Crippen molar-refractivity contribution in [2.75, 3.05) is 13.2 Å². The summed E-state index contributed by atoms with van der Waals surface area (Å²) in [6.07, 6.45) is 4.54. The predicted molar refractivity (Wildman–Crippen MR) is 136 cm³/mol. The van der Waals surface area contributed by atoms with Crippen LogP contribution in [0.4, 0.5) is 0 Å². The van der Waals surface area contributed by atoms with E-state index in [1.54, 1.807) is 0 Å². The molecule has 0 heterocycles. The third kappa shape index (κ3) is 5.51. The number of aliphatic hydroxyl groups excluding tert-OH is 5. The Kier molecular flexibility index (Phi) is 8.75. The first-order valence-electron chi connectivity index (χ1n) is 14.2. The zero-order valence-corrected chi connectivity index (χ0v) is 23.3. The summed E-state index contributed by atoms with van der Waals surface area (Å²) in [5.41, 5.74) is -0.309. The smallest absolute Gasteiger partial charge is 0.396 e. The van der Waals surface area contributed by atoms with Gasteiger partial charge in [0.1, 0.15) is 0 Å². The summed E-state index contributed by atoms with van der Waals surface area (Å²) >= 11 is 0. The number of hydrogen-bond acceptors (Lipinski definition) is 8. The van der Waals surface area contributed by atoms with Crippen molar-refractivity contribution in [2.24, 2.45) is 52.3 Å². The van der Waals surface area contributed by atoms with E-state index >= 15 is 0 Å². The summed E-state index contributed by atoms with van der Waals surface area (Å²) in [6, 6.07) is 0. The summed E-state index contributed by atoms with van der Waals surface area (Å²) in [5, 5.41) is 53.5. The first-order chi connectivity index (χ1) is 17.2. The van der Waals surface area contributed by atoms with Crippen LogP contribution in [0, 0.1) is 52.3 Å². The second-order valence-corrected chi connectivity index (χ2v) is 14.4. The van der Waals surface area contributed by atoms with Crippen LogP contribution >= 0.6 is 0 Å². The summed E-state index contributed by atoms with van der Waals surface area (Å²) in [6.45, 7) is 5.67. The van der Waals surface area contributed by atoms with E-state index in [1.807, 2.05) is 0 Å². The fraction of sp³-hybridized carbons (Fsp3) is 1.00. The summed E-state index contributed by atoms with van der Waals surface area (Å²) in [5.74, 6) is 0.439. The van der Waals surface area contributed by atoms with Crippen molar-refractivity contribution >= 4 is 10.4 Å². The molecule has 4 aliphatic rings. The quantitative estimate of drug-likeness (QED) is 0.237. The number of rotatable bonds is 9. The highest BCUT2D eigenvalue weighted by molar-refractivity contribution is 7.80. The fourth-order valence-corrected chi connectivity index (χ4v) is 9.81. The maximum Gasteiger partial charge on any atom is 0.397 e. The molecule has 4 rings (SSSR count). The molecule has 0 saturated heterocycles. The molecule has 216 valence electrons. The molecule has 6 N–H and O–H groups in total. The van der Waals surface area contributed by atoms with Crippen molar-refractivity contribution in [1.29, 1.82) is 0 Å². The highest BCUT2D eigenvalue weighted by Crippen LogP contribution is 2.68. The van der Waals surface area contributed by atoms with Crippen molar-refractivity contribution in [1.82, 2.24) is 0 Å². The van der Waals surface area contributed by atoms with Crippen LogP contribution in [0.5, 0.6) is 0 Å². The van der Waals surface area contributed by atoms with E-state index < -0.39 is 47.8 Å². The van der Waals surface area contributed by atoms with Crippen molar-refractivity contribution < 1.29 is 42.7 Å². The molecule has 0 aromatic heterocycles. The molecule has 1 unspecified atom stereocenters. The predicted octanol–water partition coefficient (Wildman–Crippen LogP) is 2.15. The summed E-state index contributed by atoms with van der Waals surface area (Å²) in [7, 11) is -4.65. The zero-order chi connectivity index (χ0) is 27.3. The van der Waals surface area contributed by atoms with E-state index in [2.05, 4.69) is 25.0 Å².